The molecule has 1 radical (unpaired) electrons. The standard InChI is InChI=1S/C43H59N5O2.CH2O3.Co/c1-41(2,3)33-24-30(16-13-20-47-22-15-23-48-21-14-19-46(10)40(47)48)38(49)31(25-33)28-44-36-17-11-12-18-37(36)45-29-32-26-34(42(4,5)6)27-35(39(32)50)43(7,8)9;2-1(3)4;/h11-12,17-18,24-29H,13-16,19-23H2,1-10H3,(H-,44,45,49,50);(H2,2,3,4);/p+1. The van der Waals surface area contributed by atoms with Crippen molar-refractivity contribution in [1.29, 1.82) is 0 Å². The van der Waals surface area contributed by atoms with Gasteiger partial charge in [0.15, 0.2) is 0 Å². The van der Waals surface area contributed by atoms with Gasteiger partial charge in [-0.1, -0.05) is 86.6 Å². The number of nitrogens with zero attached hydrogens (tertiary/aromatic N) is 5. The van der Waals surface area contributed by atoms with Gasteiger partial charge in [-0.25, -0.2) is 4.79 Å². The average molecular weight is 800 g/mol. The Balaban J connectivity index is 0.00000155. The second kappa shape index (κ2) is 18.5. The number of benzene rings is 3. The third-order valence-corrected chi connectivity index (χ3v) is 10.0. The van der Waals surface area contributed by atoms with Gasteiger partial charge in [0.1, 0.15) is 11.5 Å². The van der Waals surface area contributed by atoms with Crippen molar-refractivity contribution in [3.8, 4) is 11.5 Å². The second-order valence-corrected chi connectivity index (χ2v) is 17.6. The fourth-order valence-electron chi connectivity index (χ4n) is 6.98. The summed E-state index contributed by atoms with van der Waals surface area (Å²) < 4.78 is 2.41. The van der Waals surface area contributed by atoms with Gasteiger partial charge in [0.05, 0.1) is 51.1 Å². The van der Waals surface area contributed by atoms with Gasteiger partial charge in [0, 0.05) is 58.7 Å². The van der Waals surface area contributed by atoms with Crippen LogP contribution in [0.1, 0.15) is 115 Å². The van der Waals surface area contributed by atoms with Crippen LogP contribution in [0.4, 0.5) is 16.2 Å². The van der Waals surface area contributed by atoms with Gasteiger partial charge in [-0.2, -0.15) is 0 Å². The van der Waals surface area contributed by atoms with Crippen molar-refractivity contribution in [2.45, 2.75) is 104 Å². The molecule has 0 bridgehead atoms. The normalized spacial score (nSPS) is 15.2. The number of guanidine groups is 1. The van der Waals surface area contributed by atoms with Crippen LogP contribution in [0.15, 0.2) is 58.5 Å². The summed E-state index contributed by atoms with van der Waals surface area (Å²) in [5.41, 5.74) is 6.57. The number of carboxylic acid groups (broad SMARTS) is 2. The minimum Gasteiger partial charge on any atom is -0.507 e. The van der Waals surface area contributed by atoms with E-state index in [1.165, 1.54) is 24.4 Å². The Labute approximate surface area is 338 Å². The number of para-hydroxylation sites is 2. The van der Waals surface area contributed by atoms with E-state index in [1.807, 2.05) is 30.3 Å². The topological polar surface area (TPSA) is 132 Å². The smallest absolute Gasteiger partial charge is 0.503 e. The molecule has 0 saturated carbocycles. The van der Waals surface area contributed by atoms with Crippen molar-refractivity contribution >= 4 is 35.9 Å². The van der Waals surface area contributed by atoms with Crippen molar-refractivity contribution in [1.82, 2.24) is 9.80 Å². The Kier molecular flexibility index (Phi) is 15.2. The third kappa shape index (κ3) is 12.1. The van der Waals surface area contributed by atoms with Crippen molar-refractivity contribution < 1.29 is 46.6 Å². The summed E-state index contributed by atoms with van der Waals surface area (Å²) in [6.45, 7) is 25.0. The van der Waals surface area contributed by atoms with E-state index < -0.39 is 6.16 Å². The molecule has 0 amide bonds. The first-order valence-electron chi connectivity index (χ1n) is 19.1. The van der Waals surface area contributed by atoms with Crippen LogP contribution in [-0.4, -0.2) is 99.1 Å². The van der Waals surface area contributed by atoms with Crippen LogP contribution >= 0.6 is 0 Å². The molecule has 2 aliphatic heterocycles. The van der Waals surface area contributed by atoms with Crippen LogP contribution in [0.2, 0.25) is 0 Å². The molecule has 0 aromatic heterocycles. The minimum atomic E-state index is -1.83. The maximum absolute atomic E-state index is 11.6. The van der Waals surface area contributed by atoms with Crippen LogP contribution in [-0.2, 0) is 39.4 Å². The molecule has 0 atom stereocenters. The SMILES string of the molecule is C[N+]1=C2N(CCCc3cc(C(C)(C)C)cc(C=Nc4ccccc4N=Cc4cc(C(C)(C)C)cc(C(C)(C)C)c4O)c3O)CCCN2CCC1.O=C(O)O.[Co]. The Morgan fingerprint density at radius 3 is 1.80 bits per heavy atom. The summed E-state index contributed by atoms with van der Waals surface area (Å²) in [6.07, 6.45) is 5.84. The number of phenols is 2. The van der Waals surface area contributed by atoms with E-state index in [1.54, 1.807) is 12.4 Å². The first-order chi connectivity index (χ1) is 25.2. The van der Waals surface area contributed by atoms with Gasteiger partial charge in [0.2, 0.25) is 0 Å². The van der Waals surface area contributed by atoms with Crippen LogP contribution in [0, 0.1) is 0 Å². The molecule has 55 heavy (non-hydrogen) atoms. The summed E-state index contributed by atoms with van der Waals surface area (Å²) in [6, 6.07) is 16.1. The van der Waals surface area contributed by atoms with E-state index in [4.69, 9.17) is 25.0 Å². The van der Waals surface area contributed by atoms with Gasteiger partial charge in [-0.05, 0) is 70.0 Å². The zero-order valence-electron chi connectivity index (χ0n) is 34.4. The second-order valence-electron chi connectivity index (χ2n) is 17.6. The van der Waals surface area contributed by atoms with E-state index in [0.29, 0.717) is 28.3 Å². The minimum absolute atomic E-state index is 0. The van der Waals surface area contributed by atoms with Gasteiger partial charge >= 0.3 is 12.1 Å². The van der Waals surface area contributed by atoms with Crippen molar-refractivity contribution in [3.05, 3.63) is 81.9 Å². The summed E-state index contributed by atoms with van der Waals surface area (Å²) >= 11 is 0. The summed E-state index contributed by atoms with van der Waals surface area (Å²) in [4.78, 5) is 23.3. The molecule has 301 valence electrons. The molecule has 1 fully saturated rings. The van der Waals surface area contributed by atoms with Gasteiger partial charge in [-0.3, -0.25) is 24.4 Å². The van der Waals surface area contributed by atoms with Crippen molar-refractivity contribution in [2.24, 2.45) is 9.98 Å². The molecule has 4 N–H and O–H groups in total. The number of phenolic OH excluding ortho intramolecular Hbond substituents is 2. The fraction of sp³-hybridized carbons (Fsp3) is 0.500. The van der Waals surface area contributed by atoms with E-state index in [-0.39, 0.29) is 38.8 Å². The van der Waals surface area contributed by atoms with Gasteiger partial charge < -0.3 is 20.4 Å². The average Bonchev–Trinajstić information content (AvgIpc) is 3.06. The Bertz CT molecular complexity index is 1900. The van der Waals surface area contributed by atoms with Crippen molar-refractivity contribution in [2.75, 3.05) is 39.8 Å². The molecule has 2 aliphatic rings. The van der Waals surface area contributed by atoms with E-state index in [9.17, 15) is 10.2 Å². The molecule has 11 heteroatoms. The fourth-order valence-corrected chi connectivity index (χ4v) is 6.98. The largest absolute Gasteiger partial charge is 0.507 e. The number of fused-ring (bicyclic) bond motifs is 1. The maximum Gasteiger partial charge on any atom is 0.503 e. The molecule has 1 saturated heterocycles. The van der Waals surface area contributed by atoms with E-state index in [2.05, 4.69) is 102 Å². The molecule has 5 rings (SSSR count). The number of hydrogen-bond acceptors (Lipinski definition) is 7. The quantitative estimate of drug-likeness (QED) is 0.132. The summed E-state index contributed by atoms with van der Waals surface area (Å²) in [7, 11) is 2.21. The predicted octanol–water partition coefficient (Wildman–Crippen LogP) is 9.05. The number of aliphatic imine (C=N–C) groups is 2. The van der Waals surface area contributed by atoms with Crippen LogP contribution in [0.25, 0.3) is 0 Å². The third-order valence-electron chi connectivity index (χ3n) is 10.0. The Morgan fingerprint density at radius 2 is 1.27 bits per heavy atom. The van der Waals surface area contributed by atoms with Crippen LogP contribution in [0.3, 0.4) is 0 Å². The predicted molar refractivity (Wildman–Crippen MR) is 221 cm³/mol. The maximum atomic E-state index is 11.6. The number of rotatable bonds is 8. The first kappa shape index (κ1) is 45.0. The molecular formula is C44H62CoN5O5+. The van der Waals surface area contributed by atoms with Crippen molar-refractivity contribution in [3.63, 3.8) is 0 Å². The zero-order chi connectivity index (χ0) is 40.0. The molecule has 0 unspecified atom stereocenters. The number of aryl methyl sites for hydroxylation is 1. The molecular weight excluding hydrogens is 737 g/mol. The number of hydrogen-bond donors (Lipinski definition) is 4. The molecule has 2 heterocycles. The molecule has 3 aromatic rings. The molecule has 10 nitrogen and oxygen atoms in total. The summed E-state index contributed by atoms with van der Waals surface area (Å²) in [5, 5.41) is 36.8. The van der Waals surface area contributed by atoms with Crippen LogP contribution < -0.4 is 0 Å². The Morgan fingerprint density at radius 1 is 0.764 bits per heavy atom. The molecule has 3 aromatic carbocycles. The molecule has 0 spiro atoms. The van der Waals surface area contributed by atoms with E-state index in [0.717, 1.165) is 62.3 Å². The monoisotopic (exact) mass is 799 g/mol. The van der Waals surface area contributed by atoms with E-state index >= 15 is 0 Å². The van der Waals surface area contributed by atoms with Gasteiger partial charge in [0.25, 0.3) is 0 Å². The Hall–Kier alpha value is -4.35. The zero-order valence-corrected chi connectivity index (χ0v) is 35.4. The number of aromatic hydroxyl groups is 2. The molecule has 0 aliphatic carbocycles. The summed E-state index contributed by atoms with van der Waals surface area (Å²) in [5.74, 6) is 1.92. The van der Waals surface area contributed by atoms with Crippen LogP contribution in [0.5, 0.6) is 11.5 Å². The van der Waals surface area contributed by atoms with Gasteiger partial charge in [-0.15, -0.1) is 0 Å². The first-order valence-corrected chi connectivity index (χ1v) is 19.1. The number of carbonyl (C=O) groups is 1.